The number of thiophene rings is 1. The third-order valence-corrected chi connectivity index (χ3v) is 5.22. The molecular formula is C11H15BrClNS. The van der Waals surface area contributed by atoms with Gasteiger partial charge in [0.05, 0.1) is 3.79 Å². The summed E-state index contributed by atoms with van der Waals surface area (Å²) in [6.07, 6.45) is 5.08. The fourth-order valence-electron chi connectivity index (χ4n) is 2.13. The van der Waals surface area contributed by atoms with Crippen molar-refractivity contribution in [2.45, 2.75) is 37.8 Å². The molecule has 1 fully saturated rings. The first kappa shape index (κ1) is 11.9. The van der Waals surface area contributed by atoms with Crippen LogP contribution < -0.4 is 5.32 Å². The van der Waals surface area contributed by atoms with Crippen molar-refractivity contribution in [3.05, 3.63) is 20.8 Å². The van der Waals surface area contributed by atoms with Crippen LogP contribution >= 0.6 is 38.9 Å². The lowest BCUT2D eigenvalue weighted by atomic mass is 10.0. The van der Waals surface area contributed by atoms with Crippen LogP contribution in [0.1, 0.15) is 30.6 Å². The molecule has 1 aliphatic carbocycles. The summed E-state index contributed by atoms with van der Waals surface area (Å²) < 4.78 is 1.20. The van der Waals surface area contributed by atoms with Crippen LogP contribution in [0.25, 0.3) is 0 Å². The minimum Gasteiger partial charge on any atom is -0.305 e. The summed E-state index contributed by atoms with van der Waals surface area (Å²) in [6.45, 7) is 0.947. The molecule has 2 rings (SSSR count). The van der Waals surface area contributed by atoms with E-state index in [0.717, 1.165) is 12.4 Å². The average molecular weight is 309 g/mol. The molecule has 1 N–H and O–H groups in total. The molecule has 0 spiro atoms. The van der Waals surface area contributed by atoms with Gasteiger partial charge in [0.1, 0.15) is 0 Å². The predicted octanol–water partition coefficient (Wildman–Crippen LogP) is 4.15. The van der Waals surface area contributed by atoms with Crippen molar-refractivity contribution in [2.24, 2.45) is 0 Å². The number of hydrogen-bond acceptors (Lipinski definition) is 2. The van der Waals surface area contributed by atoms with Crippen LogP contribution in [-0.4, -0.2) is 11.4 Å². The van der Waals surface area contributed by atoms with Crippen molar-refractivity contribution < 1.29 is 0 Å². The zero-order valence-electron chi connectivity index (χ0n) is 8.56. The Labute approximate surface area is 108 Å². The van der Waals surface area contributed by atoms with Gasteiger partial charge in [0, 0.05) is 22.8 Å². The smallest absolute Gasteiger partial charge is 0.0701 e. The first-order valence-corrected chi connectivity index (χ1v) is 7.44. The summed E-state index contributed by atoms with van der Waals surface area (Å²) in [5, 5.41) is 3.63. The van der Waals surface area contributed by atoms with E-state index >= 15 is 0 Å². The lowest BCUT2D eigenvalue weighted by molar-refractivity contribution is 0.369. The van der Waals surface area contributed by atoms with E-state index in [1.54, 1.807) is 11.3 Å². The fourth-order valence-corrected chi connectivity index (χ4v) is 3.92. The summed E-state index contributed by atoms with van der Waals surface area (Å²) in [5.41, 5.74) is 0.206. The molecule has 1 aromatic rings. The number of alkyl halides is 1. The highest BCUT2D eigenvalue weighted by atomic mass is 79.9. The molecule has 1 aliphatic rings. The van der Waals surface area contributed by atoms with E-state index in [9.17, 15) is 0 Å². The topological polar surface area (TPSA) is 12.0 Å². The maximum atomic E-state index is 6.07. The van der Waals surface area contributed by atoms with E-state index in [2.05, 4.69) is 33.4 Å². The largest absolute Gasteiger partial charge is 0.305 e. The van der Waals surface area contributed by atoms with Gasteiger partial charge in [-0.1, -0.05) is 12.8 Å². The van der Waals surface area contributed by atoms with Gasteiger partial charge < -0.3 is 5.32 Å². The van der Waals surface area contributed by atoms with Gasteiger partial charge >= 0.3 is 0 Å². The summed E-state index contributed by atoms with van der Waals surface area (Å²) >= 11 is 11.3. The van der Waals surface area contributed by atoms with E-state index in [4.69, 9.17) is 11.6 Å². The van der Waals surface area contributed by atoms with Crippen molar-refractivity contribution in [3.63, 3.8) is 0 Å². The number of hydrogen-bond donors (Lipinski definition) is 1. The third-order valence-electron chi connectivity index (χ3n) is 3.08. The molecule has 15 heavy (non-hydrogen) atoms. The van der Waals surface area contributed by atoms with Gasteiger partial charge in [0.25, 0.3) is 0 Å². The van der Waals surface area contributed by atoms with Crippen LogP contribution in [0.5, 0.6) is 0 Å². The molecule has 0 aromatic carbocycles. The predicted molar refractivity (Wildman–Crippen MR) is 70.8 cm³/mol. The summed E-state index contributed by atoms with van der Waals surface area (Å²) in [7, 11) is 0. The van der Waals surface area contributed by atoms with E-state index in [1.165, 1.54) is 34.3 Å². The SMILES string of the molecule is ClCC1(NCc2ccc(Br)s2)CCCC1. The Morgan fingerprint density at radius 2 is 2.13 bits per heavy atom. The maximum Gasteiger partial charge on any atom is 0.0701 e. The normalized spacial score (nSPS) is 19.6. The summed E-state index contributed by atoms with van der Waals surface area (Å²) in [5.74, 6) is 0.736. The van der Waals surface area contributed by atoms with Crippen molar-refractivity contribution in [2.75, 3.05) is 5.88 Å². The van der Waals surface area contributed by atoms with E-state index < -0.39 is 0 Å². The quantitative estimate of drug-likeness (QED) is 0.824. The van der Waals surface area contributed by atoms with Gasteiger partial charge in [0.15, 0.2) is 0 Å². The van der Waals surface area contributed by atoms with E-state index in [-0.39, 0.29) is 5.54 Å². The average Bonchev–Trinajstić information content (AvgIpc) is 2.85. The van der Waals surface area contributed by atoms with Gasteiger partial charge in [-0.05, 0) is 40.9 Å². The van der Waals surface area contributed by atoms with Crippen LogP contribution in [-0.2, 0) is 6.54 Å². The first-order valence-electron chi connectivity index (χ1n) is 5.29. The van der Waals surface area contributed by atoms with Crippen molar-refractivity contribution in [3.8, 4) is 0 Å². The van der Waals surface area contributed by atoms with Gasteiger partial charge in [-0.3, -0.25) is 0 Å². The van der Waals surface area contributed by atoms with Crippen LogP contribution in [0.3, 0.4) is 0 Å². The molecule has 1 nitrogen and oxygen atoms in total. The second-order valence-corrected chi connectivity index (χ2v) is 7.00. The van der Waals surface area contributed by atoms with Crippen LogP contribution in [0.2, 0.25) is 0 Å². The Hall–Kier alpha value is 0.430. The van der Waals surface area contributed by atoms with Crippen LogP contribution in [0.4, 0.5) is 0 Å². The molecule has 0 radical (unpaired) electrons. The lowest BCUT2D eigenvalue weighted by Crippen LogP contribution is -2.43. The molecule has 0 saturated heterocycles. The zero-order valence-corrected chi connectivity index (χ0v) is 11.7. The van der Waals surface area contributed by atoms with E-state index in [1.807, 2.05) is 0 Å². The summed E-state index contributed by atoms with van der Waals surface area (Å²) in [6, 6.07) is 4.27. The molecule has 1 heterocycles. The Morgan fingerprint density at radius 1 is 1.40 bits per heavy atom. The standard InChI is InChI=1S/C11H15BrClNS/c12-10-4-3-9(15-10)7-14-11(8-13)5-1-2-6-11/h3-4,14H,1-2,5-8H2. The van der Waals surface area contributed by atoms with Gasteiger partial charge in [-0.25, -0.2) is 0 Å². The van der Waals surface area contributed by atoms with Gasteiger partial charge in [-0.2, -0.15) is 0 Å². The summed E-state index contributed by atoms with van der Waals surface area (Å²) in [4.78, 5) is 1.37. The first-order chi connectivity index (χ1) is 7.24. The van der Waals surface area contributed by atoms with E-state index in [0.29, 0.717) is 0 Å². The monoisotopic (exact) mass is 307 g/mol. The fraction of sp³-hybridized carbons (Fsp3) is 0.636. The Morgan fingerprint density at radius 3 is 2.67 bits per heavy atom. The van der Waals surface area contributed by atoms with Gasteiger partial charge in [0.2, 0.25) is 0 Å². The third kappa shape index (κ3) is 2.96. The molecule has 0 bridgehead atoms. The Kier molecular flexibility index (Phi) is 4.10. The lowest BCUT2D eigenvalue weighted by Gasteiger charge is -2.27. The number of halogens is 2. The molecule has 84 valence electrons. The molecule has 4 heteroatoms. The Bertz CT molecular complexity index is 320. The zero-order chi connectivity index (χ0) is 10.7. The molecular weight excluding hydrogens is 294 g/mol. The van der Waals surface area contributed by atoms with Crippen LogP contribution in [0.15, 0.2) is 15.9 Å². The minimum atomic E-state index is 0.206. The minimum absolute atomic E-state index is 0.206. The molecule has 1 saturated carbocycles. The number of rotatable bonds is 4. The second kappa shape index (κ2) is 5.17. The highest BCUT2D eigenvalue weighted by molar-refractivity contribution is 9.11. The number of nitrogens with one attached hydrogen (secondary N) is 1. The molecule has 0 amide bonds. The molecule has 1 aromatic heterocycles. The van der Waals surface area contributed by atoms with Crippen LogP contribution in [0, 0.1) is 0 Å². The Balaban J connectivity index is 1.91. The molecule has 0 aliphatic heterocycles. The molecule has 0 atom stereocenters. The van der Waals surface area contributed by atoms with Crippen molar-refractivity contribution >= 4 is 38.9 Å². The second-order valence-electron chi connectivity index (χ2n) is 4.18. The highest BCUT2D eigenvalue weighted by Gasteiger charge is 2.32. The van der Waals surface area contributed by atoms with Gasteiger partial charge in [-0.15, -0.1) is 22.9 Å². The van der Waals surface area contributed by atoms with Crippen molar-refractivity contribution in [1.29, 1.82) is 0 Å². The maximum absolute atomic E-state index is 6.07. The van der Waals surface area contributed by atoms with Crippen molar-refractivity contribution in [1.82, 2.24) is 5.32 Å². The highest BCUT2D eigenvalue weighted by Crippen LogP contribution is 2.31. The molecule has 0 unspecified atom stereocenters.